The minimum Gasteiger partial charge on any atom is -0.363 e. The molecule has 1 atom stereocenters. The molecule has 3 heterocycles. The topological polar surface area (TPSA) is 37.2 Å². The first kappa shape index (κ1) is 18.7. The molecule has 1 aliphatic rings. The number of anilines is 1. The maximum atomic E-state index is 12.8. The number of imidazole rings is 1. The molecule has 0 saturated heterocycles. The van der Waals surface area contributed by atoms with Crippen molar-refractivity contribution in [3.63, 3.8) is 0 Å². The van der Waals surface area contributed by atoms with Crippen LogP contribution in [0.5, 0.6) is 0 Å². The van der Waals surface area contributed by atoms with Crippen molar-refractivity contribution in [2.24, 2.45) is 5.92 Å². The van der Waals surface area contributed by atoms with Crippen molar-refractivity contribution in [1.82, 2.24) is 19.4 Å². The van der Waals surface area contributed by atoms with Gasteiger partial charge in [-0.3, -0.25) is 0 Å². The molecule has 0 amide bonds. The fourth-order valence-electron chi connectivity index (χ4n) is 3.42. The molecule has 0 fully saturated rings. The molecule has 0 N–H and O–H groups in total. The molecule has 0 spiro atoms. The second kappa shape index (κ2) is 7.26. The maximum absolute atomic E-state index is 12.8. The van der Waals surface area contributed by atoms with Gasteiger partial charge in [0.25, 0.3) is 0 Å². The average molecular weight is 367 g/mol. The Labute approximate surface area is 151 Å². The lowest BCUT2D eigenvalue weighted by molar-refractivity contribution is -0.141. The second-order valence-electron chi connectivity index (χ2n) is 7.21. The minimum absolute atomic E-state index is 0.318. The Bertz CT molecular complexity index is 754. The highest BCUT2D eigenvalue weighted by molar-refractivity contribution is 5.38. The first-order valence-electron chi connectivity index (χ1n) is 8.66. The number of fused-ring (bicyclic) bond motifs is 1. The van der Waals surface area contributed by atoms with E-state index in [-0.39, 0.29) is 0 Å². The highest BCUT2D eigenvalue weighted by Gasteiger charge is 2.35. The van der Waals surface area contributed by atoms with E-state index in [9.17, 15) is 13.2 Å². The van der Waals surface area contributed by atoms with Gasteiger partial charge in [-0.15, -0.1) is 0 Å². The molecule has 0 unspecified atom stereocenters. The third-order valence-corrected chi connectivity index (χ3v) is 4.67. The lowest BCUT2D eigenvalue weighted by atomic mass is 9.99. The summed E-state index contributed by atoms with van der Waals surface area (Å²) in [5.74, 6) is 1.77. The summed E-state index contributed by atoms with van der Waals surface area (Å²) in [6.45, 7) is 2.20. The Morgan fingerprint density at radius 1 is 1.27 bits per heavy atom. The monoisotopic (exact) mass is 367 g/mol. The summed E-state index contributed by atoms with van der Waals surface area (Å²) in [6, 6.07) is 4.05. The number of hydrogen-bond acceptors (Lipinski definition) is 4. The Hall–Kier alpha value is -2.09. The van der Waals surface area contributed by atoms with Crippen LogP contribution in [-0.2, 0) is 25.7 Å². The molecule has 1 aliphatic heterocycles. The number of aromatic nitrogens is 3. The van der Waals surface area contributed by atoms with Crippen molar-refractivity contribution in [1.29, 1.82) is 0 Å². The van der Waals surface area contributed by atoms with Gasteiger partial charge in [0.1, 0.15) is 11.6 Å². The van der Waals surface area contributed by atoms with Crippen LogP contribution in [0.4, 0.5) is 19.0 Å². The Kier molecular flexibility index (Phi) is 5.22. The molecule has 0 aliphatic carbocycles. The Balaban J connectivity index is 1.60. The Morgan fingerprint density at radius 3 is 2.73 bits per heavy atom. The van der Waals surface area contributed by atoms with Gasteiger partial charge in [-0.05, 0) is 37.1 Å². The molecule has 26 heavy (non-hydrogen) atoms. The van der Waals surface area contributed by atoms with E-state index in [2.05, 4.69) is 20.9 Å². The van der Waals surface area contributed by atoms with Gasteiger partial charge in [-0.25, -0.2) is 9.97 Å². The predicted molar refractivity (Wildman–Crippen MR) is 93.9 cm³/mol. The van der Waals surface area contributed by atoms with Gasteiger partial charge in [0.15, 0.2) is 5.69 Å². The fourth-order valence-corrected chi connectivity index (χ4v) is 3.42. The average Bonchev–Trinajstić information content (AvgIpc) is 2.98. The fraction of sp³-hybridized carbons (Fsp3) is 0.556. The van der Waals surface area contributed by atoms with E-state index >= 15 is 0 Å². The van der Waals surface area contributed by atoms with Crippen LogP contribution >= 0.6 is 0 Å². The molecular formula is C18H24F3N5. The quantitative estimate of drug-likeness (QED) is 0.814. The first-order valence-corrected chi connectivity index (χ1v) is 8.66. The van der Waals surface area contributed by atoms with Crippen LogP contribution in [0, 0.1) is 5.92 Å². The van der Waals surface area contributed by atoms with Crippen LogP contribution in [0.25, 0.3) is 0 Å². The van der Waals surface area contributed by atoms with Gasteiger partial charge in [0, 0.05) is 52.5 Å². The molecular weight excluding hydrogens is 343 g/mol. The van der Waals surface area contributed by atoms with Crippen molar-refractivity contribution >= 4 is 5.82 Å². The van der Waals surface area contributed by atoms with Crippen LogP contribution in [0.3, 0.4) is 0 Å². The molecule has 142 valence electrons. The summed E-state index contributed by atoms with van der Waals surface area (Å²) in [5.41, 5.74) is 0.388. The molecule has 3 rings (SSSR count). The molecule has 5 nitrogen and oxygen atoms in total. The summed E-state index contributed by atoms with van der Waals surface area (Å²) in [5, 5.41) is 0. The van der Waals surface area contributed by atoms with Gasteiger partial charge >= 0.3 is 6.18 Å². The van der Waals surface area contributed by atoms with Gasteiger partial charge in [0.2, 0.25) is 0 Å². The first-order chi connectivity index (χ1) is 12.2. The minimum atomic E-state index is -4.37. The number of rotatable bonds is 5. The third-order valence-electron chi connectivity index (χ3n) is 4.67. The number of hydrogen-bond donors (Lipinski definition) is 0. The second-order valence-corrected chi connectivity index (χ2v) is 7.21. The van der Waals surface area contributed by atoms with E-state index in [1.807, 2.05) is 32.1 Å². The smallest absolute Gasteiger partial charge is 0.363 e. The summed E-state index contributed by atoms with van der Waals surface area (Å²) in [7, 11) is 5.95. The zero-order valence-corrected chi connectivity index (χ0v) is 15.3. The molecule has 2 aromatic heterocycles. The van der Waals surface area contributed by atoms with Crippen LogP contribution < -0.4 is 4.90 Å². The van der Waals surface area contributed by atoms with Crippen LogP contribution in [0.15, 0.2) is 24.5 Å². The van der Waals surface area contributed by atoms with Gasteiger partial charge in [0.05, 0.1) is 0 Å². The van der Waals surface area contributed by atoms with Crippen molar-refractivity contribution in [2.45, 2.75) is 32.1 Å². The van der Waals surface area contributed by atoms with Crippen molar-refractivity contribution in [3.05, 3.63) is 41.6 Å². The van der Waals surface area contributed by atoms with E-state index in [0.29, 0.717) is 24.7 Å². The molecule has 2 aromatic rings. The Morgan fingerprint density at radius 2 is 2.04 bits per heavy atom. The molecule has 0 radical (unpaired) electrons. The van der Waals surface area contributed by atoms with Crippen LogP contribution in [0.1, 0.15) is 23.5 Å². The summed E-state index contributed by atoms with van der Waals surface area (Å²) >= 11 is 0. The highest BCUT2D eigenvalue weighted by atomic mass is 19.4. The van der Waals surface area contributed by atoms with E-state index in [4.69, 9.17) is 0 Å². The van der Waals surface area contributed by atoms with Crippen LogP contribution in [0.2, 0.25) is 0 Å². The number of halogens is 3. The third kappa shape index (κ3) is 4.35. The zero-order valence-electron chi connectivity index (χ0n) is 15.3. The standard InChI is InChI=1S/C18H24F3N5/c1-24(2)17-8-13(6-7-22-17)9-25(3)10-14-4-5-16-23-15(18(19,20)21)12-26(16)11-14/h6-8,12,14H,4-5,9-11H2,1-3H3/t14-/m0/s1. The summed E-state index contributed by atoms with van der Waals surface area (Å²) in [4.78, 5) is 12.2. The summed E-state index contributed by atoms with van der Waals surface area (Å²) < 4.78 is 40.1. The van der Waals surface area contributed by atoms with E-state index in [1.54, 1.807) is 10.8 Å². The SMILES string of the molecule is CN(Cc1ccnc(N(C)C)c1)C[C@@H]1CCc2nc(C(F)(F)F)cn2C1. The van der Waals surface area contributed by atoms with E-state index in [1.165, 1.54) is 5.56 Å². The summed E-state index contributed by atoms with van der Waals surface area (Å²) in [6.07, 6.45) is 0.0257. The maximum Gasteiger partial charge on any atom is 0.434 e. The van der Waals surface area contributed by atoms with E-state index in [0.717, 1.165) is 31.5 Å². The van der Waals surface area contributed by atoms with Gasteiger partial charge in [-0.2, -0.15) is 13.2 Å². The van der Waals surface area contributed by atoms with Crippen LogP contribution in [-0.4, -0.2) is 47.1 Å². The zero-order chi connectivity index (χ0) is 18.9. The largest absolute Gasteiger partial charge is 0.434 e. The van der Waals surface area contributed by atoms with Crippen molar-refractivity contribution in [3.8, 4) is 0 Å². The van der Waals surface area contributed by atoms with Crippen molar-refractivity contribution < 1.29 is 13.2 Å². The van der Waals surface area contributed by atoms with Gasteiger partial charge in [-0.1, -0.05) is 0 Å². The lowest BCUT2D eigenvalue weighted by Crippen LogP contribution is -2.31. The number of pyridine rings is 1. The highest BCUT2D eigenvalue weighted by Crippen LogP contribution is 2.30. The number of alkyl halides is 3. The molecule has 0 aromatic carbocycles. The lowest BCUT2D eigenvalue weighted by Gasteiger charge is -2.28. The normalized spacial score (nSPS) is 17.4. The van der Waals surface area contributed by atoms with E-state index < -0.39 is 11.9 Å². The van der Waals surface area contributed by atoms with Crippen molar-refractivity contribution in [2.75, 3.05) is 32.6 Å². The predicted octanol–water partition coefficient (Wildman–Crippen LogP) is 3.06. The van der Waals surface area contributed by atoms with Gasteiger partial charge < -0.3 is 14.4 Å². The number of nitrogens with zero attached hydrogens (tertiary/aromatic N) is 5. The molecule has 0 saturated carbocycles. The molecule has 0 bridgehead atoms. The number of aryl methyl sites for hydroxylation is 1. The molecule has 8 heteroatoms.